The Morgan fingerprint density at radius 3 is 2.05 bits per heavy atom. The van der Waals surface area contributed by atoms with Crippen LogP contribution in [0.3, 0.4) is 0 Å². The van der Waals surface area contributed by atoms with E-state index in [0.29, 0.717) is 22.5 Å². The first-order valence-electron chi connectivity index (χ1n) is 11.8. The molecular formula is C28H23Br2F2N3O3S. The maximum atomic E-state index is 16.0. The first kappa shape index (κ1) is 27.4. The van der Waals surface area contributed by atoms with Crippen LogP contribution >= 0.6 is 31.9 Å². The van der Waals surface area contributed by atoms with E-state index >= 15 is 8.78 Å². The number of ether oxygens (including phenoxy) is 1. The number of hydrogen-bond donors (Lipinski definition) is 1. The topological polar surface area (TPSA) is 77.6 Å². The molecule has 6 nitrogen and oxygen atoms in total. The zero-order chi connectivity index (χ0) is 27.9. The molecule has 202 valence electrons. The number of hydrogen-bond acceptors (Lipinski definition) is 4. The smallest absolute Gasteiger partial charge is 0.283 e. The molecule has 5 rings (SSSR count). The predicted molar refractivity (Wildman–Crippen MR) is 158 cm³/mol. The van der Waals surface area contributed by atoms with E-state index < -0.39 is 29.0 Å². The highest BCUT2D eigenvalue weighted by Gasteiger charge is 2.39. The van der Waals surface area contributed by atoms with Crippen LogP contribution < -0.4 is 14.8 Å². The van der Waals surface area contributed by atoms with Crippen molar-refractivity contribution in [3.8, 4) is 5.75 Å². The first-order valence-corrected chi connectivity index (χ1v) is 14.8. The summed E-state index contributed by atoms with van der Waals surface area (Å²) in [6, 6.07) is 22.4. The highest BCUT2D eigenvalue weighted by molar-refractivity contribution is 9.10. The summed E-state index contributed by atoms with van der Waals surface area (Å²) in [6.07, 6.45) is 0. The Balaban J connectivity index is 1.60. The number of nitrogens with zero attached hydrogens (tertiary/aromatic N) is 2. The molecule has 0 amide bonds. The molecule has 0 saturated carbocycles. The first-order chi connectivity index (χ1) is 18.5. The molecule has 4 aromatic carbocycles. The van der Waals surface area contributed by atoms with E-state index in [-0.39, 0.29) is 10.6 Å². The van der Waals surface area contributed by atoms with Gasteiger partial charge in [-0.2, -0.15) is 0 Å². The molecular weight excluding hydrogens is 656 g/mol. The lowest BCUT2D eigenvalue weighted by atomic mass is 10.2. The number of aromatic nitrogens is 1. The number of nitrogens with two attached hydrogens (primary N) is 1. The van der Waals surface area contributed by atoms with Crippen LogP contribution in [-0.2, 0) is 16.6 Å². The average molecular weight is 679 g/mol. The fraction of sp³-hybridized carbons (Fsp3) is 0.143. The summed E-state index contributed by atoms with van der Waals surface area (Å²) in [5, 5.41) is 1.60. The van der Waals surface area contributed by atoms with E-state index in [0.717, 1.165) is 24.0 Å². The van der Waals surface area contributed by atoms with Crippen molar-refractivity contribution in [2.75, 3.05) is 23.7 Å². The summed E-state index contributed by atoms with van der Waals surface area (Å²) in [6.45, 7) is -1.84. The lowest BCUT2D eigenvalue weighted by Gasteiger charge is -2.29. The van der Waals surface area contributed by atoms with Gasteiger partial charge in [-0.3, -0.25) is 4.31 Å². The minimum atomic E-state index is -4.38. The summed E-state index contributed by atoms with van der Waals surface area (Å²) in [5.74, 6) is -3.13. The van der Waals surface area contributed by atoms with Crippen molar-refractivity contribution in [3.05, 3.63) is 93.9 Å². The highest BCUT2D eigenvalue weighted by atomic mass is 79.9. The fourth-order valence-electron chi connectivity index (χ4n) is 4.56. The number of benzene rings is 4. The van der Waals surface area contributed by atoms with Gasteiger partial charge >= 0.3 is 0 Å². The van der Waals surface area contributed by atoms with E-state index in [4.69, 9.17) is 10.5 Å². The van der Waals surface area contributed by atoms with E-state index in [1.165, 1.54) is 48.1 Å². The molecule has 0 aliphatic carbocycles. The quantitative estimate of drug-likeness (QED) is 0.173. The van der Waals surface area contributed by atoms with Gasteiger partial charge in [0.2, 0.25) is 0 Å². The fourth-order valence-corrected chi connectivity index (χ4v) is 6.76. The van der Waals surface area contributed by atoms with Crippen molar-refractivity contribution in [2.24, 2.45) is 0 Å². The van der Waals surface area contributed by atoms with Gasteiger partial charge in [-0.1, -0.05) is 37.9 Å². The summed E-state index contributed by atoms with van der Waals surface area (Å²) in [7, 11) is -2.96. The van der Waals surface area contributed by atoms with Crippen LogP contribution in [-0.4, -0.2) is 32.6 Å². The number of halogens is 4. The lowest BCUT2D eigenvalue weighted by Crippen LogP contribution is -2.43. The normalized spacial score (nSPS) is 12.2. The second-order valence-corrected chi connectivity index (χ2v) is 12.7. The van der Waals surface area contributed by atoms with E-state index in [9.17, 15) is 8.42 Å². The number of alkyl halides is 2. The summed E-state index contributed by atoms with van der Waals surface area (Å²) in [5.41, 5.74) is 7.37. The molecule has 0 spiro atoms. The Hall–Kier alpha value is -3.15. The molecule has 0 aliphatic rings. The van der Waals surface area contributed by atoms with Gasteiger partial charge in [0.05, 0.1) is 24.2 Å². The maximum absolute atomic E-state index is 16.0. The Labute approximate surface area is 241 Å². The van der Waals surface area contributed by atoms with Gasteiger partial charge in [0, 0.05) is 42.5 Å². The highest BCUT2D eigenvalue weighted by Crippen LogP contribution is 2.36. The molecule has 0 unspecified atom stereocenters. The van der Waals surface area contributed by atoms with Crippen LogP contribution in [0.25, 0.3) is 21.8 Å². The van der Waals surface area contributed by atoms with Crippen molar-refractivity contribution >= 4 is 75.1 Å². The summed E-state index contributed by atoms with van der Waals surface area (Å²) >= 11 is 6.93. The molecule has 5 aromatic rings. The number of sulfonamides is 1. The van der Waals surface area contributed by atoms with Crippen molar-refractivity contribution in [1.82, 2.24) is 4.57 Å². The van der Waals surface area contributed by atoms with Gasteiger partial charge in [0.15, 0.2) is 0 Å². The lowest BCUT2D eigenvalue weighted by molar-refractivity contribution is -0.00333. The van der Waals surface area contributed by atoms with Crippen molar-refractivity contribution in [2.45, 2.75) is 17.4 Å². The molecule has 0 bridgehead atoms. The number of nitrogen functional groups attached to an aromatic ring is 1. The Bertz CT molecular complexity index is 1730. The standard InChI is InChI=1S/C28H23Br2F2N3O3S/c1-38-22-4-2-3-21(15-22)35(39(36,37)23-9-7-20(33)8-10-23)17-28(31,32)16-34-26-11-5-18(29)13-24(26)25-14-19(30)6-12-27(25)34/h2-15H,16-17,33H2,1H3. The van der Waals surface area contributed by atoms with Crippen LogP contribution in [0, 0.1) is 0 Å². The van der Waals surface area contributed by atoms with Gasteiger partial charge in [0.1, 0.15) is 12.3 Å². The molecule has 0 fully saturated rings. The Morgan fingerprint density at radius 2 is 1.49 bits per heavy atom. The number of methoxy groups -OCH3 is 1. The van der Waals surface area contributed by atoms with Crippen molar-refractivity contribution in [3.63, 3.8) is 0 Å². The van der Waals surface area contributed by atoms with E-state index in [1.54, 1.807) is 36.4 Å². The predicted octanol–water partition coefficient (Wildman–Crippen LogP) is 7.44. The van der Waals surface area contributed by atoms with E-state index in [2.05, 4.69) is 31.9 Å². The van der Waals surface area contributed by atoms with E-state index in [1.807, 2.05) is 12.1 Å². The second-order valence-electron chi connectivity index (χ2n) is 9.05. The third kappa shape index (κ3) is 5.48. The molecule has 0 aliphatic heterocycles. The van der Waals surface area contributed by atoms with Crippen molar-refractivity contribution < 1.29 is 21.9 Å². The molecule has 0 atom stereocenters. The van der Waals surface area contributed by atoms with Crippen LogP contribution in [0.4, 0.5) is 20.2 Å². The third-order valence-corrected chi connectivity index (χ3v) is 9.14. The van der Waals surface area contributed by atoms with Gasteiger partial charge in [-0.15, -0.1) is 0 Å². The molecule has 0 saturated heterocycles. The van der Waals surface area contributed by atoms with Gasteiger partial charge < -0.3 is 15.0 Å². The maximum Gasteiger partial charge on any atom is 0.283 e. The minimum absolute atomic E-state index is 0.0564. The number of anilines is 2. The summed E-state index contributed by atoms with van der Waals surface area (Å²) < 4.78 is 68.6. The molecule has 1 aromatic heterocycles. The van der Waals surface area contributed by atoms with Gasteiger partial charge in [0.25, 0.3) is 15.9 Å². The zero-order valence-corrected chi connectivity index (χ0v) is 24.6. The van der Waals surface area contributed by atoms with Crippen LogP contribution in [0.1, 0.15) is 0 Å². The number of rotatable bonds is 8. The van der Waals surface area contributed by atoms with Crippen LogP contribution in [0.15, 0.2) is 98.8 Å². The van der Waals surface area contributed by atoms with Crippen molar-refractivity contribution in [1.29, 1.82) is 0 Å². The Morgan fingerprint density at radius 1 is 0.897 bits per heavy atom. The van der Waals surface area contributed by atoms with Gasteiger partial charge in [-0.05, 0) is 72.8 Å². The number of fused-ring (bicyclic) bond motifs is 3. The largest absolute Gasteiger partial charge is 0.497 e. The zero-order valence-electron chi connectivity index (χ0n) is 20.6. The van der Waals surface area contributed by atoms with Gasteiger partial charge in [-0.25, -0.2) is 17.2 Å². The average Bonchev–Trinajstić information content (AvgIpc) is 3.18. The molecule has 2 N–H and O–H groups in total. The van der Waals surface area contributed by atoms with Crippen LogP contribution in [0.2, 0.25) is 0 Å². The molecule has 1 heterocycles. The monoisotopic (exact) mass is 677 g/mol. The van der Waals surface area contributed by atoms with Crippen LogP contribution in [0.5, 0.6) is 5.75 Å². The molecule has 39 heavy (non-hydrogen) atoms. The summed E-state index contributed by atoms with van der Waals surface area (Å²) in [4.78, 5) is -0.151. The second kappa shape index (κ2) is 10.4. The Kier molecular flexibility index (Phi) is 7.34. The molecule has 11 heteroatoms. The minimum Gasteiger partial charge on any atom is -0.497 e. The SMILES string of the molecule is COc1cccc(N(CC(F)(F)Cn2c3ccc(Br)cc3c3cc(Br)ccc32)S(=O)(=O)c2ccc(N)cc2)c1. The third-order valence-electron chi connectivity index (χ3n) is 6.36. The molecule has 0 radical (unpaired) electrons.